The number of para-hydroxylation sites is 1. The number of carbonyl (C=O) groups excluding carboxylic acids is 2. The highest BCUT2D eigenvalue weighted by Gasteiger charge is 2.34. The van der Waals surface area contributed by atoms with Crippen LogP contribution in [-0.2, 0) is 16.1 Å². The average Bonchev–Trinajstić information content (AvgIpc) is 3.01. The predicted octanol–water partition coefficient (Wildman–Crippen LogP) is 1.16. The number of rotatable bonds is 3. The van der Waals surface area contributed by atoms with Gasteiger partial charge in [0.25, 0.3) is 0 Å². The van der Waals surface area contributed by atoms with Crippen LogP contribution in [-0.4, -0.2) is 67.0 Å². The number of benzene rings is 1. The van der Waals surface area contributed by atoms with E-state index in [4.69, 9.17) is 9.47 Å². The lowest BCUT2D eigenvalue weighted by molar-refractivity contribution is -0.141. The molecule has 0 unspecified atom stereocenters. The number of carbonyl (C=O) groups is 2. The van der Waals surface area contributed by atoms with Crippen LogP contribution in [0, 0.1) is 0 Å². The second kappa shape index (κ2) is 7.76. The number of nitrogens with one attached hydrogen (secondary N) is 1. The van der Waals surface area contributed by atoms with Crippen LogP contribution in [0.15, 0.2) is 18.2 Å². The molecular formula is C20H27N3O4. The minimum atomic E-state index is -0.00297. The predicted molar refractivity (Wildman–Crippen MR) is 99.7 cm³/mol. The Balaban J connectivity index is 1.47. The van der Waals surface area contributed by atoms with Crippen molar-refractivity contribution in [1.82, 2.24) is 15.1 Å². The summed E-state index contributed by atoms with van der Waals surface area (Å²) < 4.78 is 11.3. The van der Waals surface area contributed by atoms with Crippen molar-refractivity contribution in [3.63, 3.8) is 0 Å². The van der Waals surface area contributed by atoms with E-state index in [0.717, 1.165) is 24.8 Å². The van der Waals surface area contributed by atoms with Crippen molar-refractivity contribution in [2.45, 2.75) is 44.3 Å². The summed E-state index contributed by atoms with van der Waals surface area (Å²) >= 11 is 0. The van der Waals surface area contributed by atoms with E-state index >= 15 is 0 Å². The molecule has 3 aliphatic heterocycles. The molecule has 0 saturated carbocycles. The molecule has 0 radical (unpaired) electrons. The van der Waals surface area contributed by atoms with Gasteiger partial charge in [0.05, 0.1) is 20.3 Å². The fraction of sp³-hybridized carbons (Fsp3) is 0.600. The summed E-state index contributed by atoms with van der Waals surface area (Å²) in [4.78, 5) is 29.1. The maximum Gasteiger partial charge on any atom is 0.242 e. The second-order valence-corrected chi connectivity index (χ2v) is 7.58. The lowest BCUT2D eigenvalue weighted by atomic mass is 10.1. The number of likely N-dealkylation sites (tertiary alicyclic amines) is 1. The zero-order chi connectivity index (χ0) is 18.8. The molecule has 7 heteroatoms. The van der Waals surface area contributed by atoms with Crippen LogP contribution < -0.4 is 14.8 Å². The van der Waals surface area contributed by atoms with E-state index in [1.807, 2.05) is 23.1 Å². The number of methoxy groups -OCH3 is 1. The van der Waals surface area contributed by atoms with Gasteiger partial charge in [-0.05, 0) is 25.3 Å². The summed E-state index contributed by atoms with van der Waals surface area (Å²) in [5.74, 6) is 1.48. The van der Waals surface area contributed by atoms with E-state index in [1.165, 1.54) is 0 Å². The molecule has 2 bridgehead atoms. The maximum atomic E-state index is 13.0. The summed E-state index contributed by atoms with van der Waals surface area (Å²) in [5, 5.41) is 3.49. The Morgan fingerprint density at radius 1 is 1.33 bits per heavy atom. The molecule has 0 aliphatic carbocycles. The Kier molecular flexibility index (Phi) is 5.20. The molecule has 4 rings (SSSR count). The topological polar surface area (TPSA) is 71.1 Å². The van der Waals surface area contributed by atoms with E-state index in [2.05, 4.69) is 5.32 Å². The summed E-state index contributed by atoms with van der Waals surface area (Å²) in [7, 11) is 1.62. The van der Waals surface area contributed by atoms with Crippen molar-refractivity contribution in [1.29, 1.82) is 0 Å². The quantitative estimate of drug-likeness (QED) is 0.861. The zero-order valence-electron chi connectivity index (χ0n) is 15.8. The normalized spacial score (nSPS) is 25.1. The molecule has 2 fully saturated rings. The van der Waals surface area contributed by atoms with Gasteiger partial charge in [-0.25, -0.2) is 0 Å². The summed E-state index contributed by atoms with van der Waals surface area (Å²) in [5.41, 5.74) is 0.935. The Labute approximate surface area is 159 Å². The van der Waals surface area contributed by atoms with Crippen molar-refractivity contribution < 1.29 is 19.1 Å². The van der Waals surface area contributed by atoms with Crippen LogP contribution in [0.2, 0.25) is 0 Å². The van der Waals surface area contributed by atoms with Gasteiger partial charge in [-0.2, -0.15) is 0 Å². The third-order valence-electron chi connectivity index (χ3n) is 5.69. The highest BCUT2D eigenvalue weighted by atomic mass is 16.5. The van der Waals surface area contributed by atoms with Gasteiger partial charge >= 0.3 is 0 Å². The van der Waals surface area contributed by atoms with Gasteiger partial charge in [-0.15, -0.1) is 0 Å². The van der Waals surface area contributed by atoms with Gasteiger partial charge in [0, 0.05) is 43.7 Å². The number of amides is 2. The molecule has 27 heavy (non-hydrogen) atoms. The second-order valence-electron chi connectivity index (χ2n) is 7.58. The van der Waals surface area contributed by atoms with E-state index in [1.54, 1.807) is 12.0 Å². The van der Waals surface area contributed by atoms with Crippen LogP contribution in [0.1, 0.15) is 31.2 Å². The molecule has 3 aliphatic rings. The fourth-order valence-electron chi connectivity index (χ4n) is 4.27. The van der Waals surface area contributed by atoms with E-state index < -0.39 is 0 Å². The van der Waals surface area contributed by atoms with Crippen molar-refractivity contribution >= 4 is 11.8 Å². The van der Waals surface area contributed by atoms with Gasteiger partial charge in [0.15, 0.2) is 11.5 Å². The number of hydrogen-bond acceptors (Lipinski definition) is 5. The first-order chi connectivity index (χ1) is 13.1. The number of nitrogens with zero attached hydrogens (tertiary/aromatic N) is 2. The molecule has 0 aromatic heterocycles. The standard InChI is InChI=1S/C20H27N3O4/c1-26-17-5-2-4-14-11-22(8-3-9-27-20(14)17)19(25)13-23-12-16-7-6-15(21-16)10-18(23)24/h2,4-5,15-16,21H,3,6-13H2,1H3/t15-,16+/m1/s1. The van der Waals surface area contributed by atoms with Crippen LogP contribution in [0.4, 0.5) is 0 Å². The minimum absolute atomic E-state index is 0.00297. The Hall–Kier alpha value is -2.28. The maximum absolute atomic E-state index is 13.0. The Morgan fingerprint density at radius 2 is 2.19 bits per heavy atom. The van der Waals surface area contributed by atoms with Gasteiger partial charge in [0.1, 0.15) is 0 Å². The summed E-state index contributed by atoms with van der Waals surface area (Å²) in [6.07, 6.45) is 3.39. The zero-order valence-corrected chi connectivity index (χ0v) is 15.8. The molecule has 3 heterocycles. The molecule has 1 aromatic rings. The summed E-state index contributed by atoms with van der Waals surface area (Å²) in [6, 6.07) is 6.33. The molecule has 2 atom stereocenters. The van der Waals surface area contributed by atoms with Gasteiger partial charge < -0.3 is 24.6 Å². The van der Waals surface area contributed by atoms with Crippen molar-refractivity contribution in [3.8, 4) is 11.5 Å². The first kappa shape index (κ1) is 18.1. The Morgan fingerprint density at radius 3 is 3.04 bits per heavy atom. The first-order valence-corrected chi connectivity index (χ1v) is 9.74. The average molecular weight is 373 g/mol. The van der Waals surface area contributed by atoms with Crippen molar-refractivity contribution in [2.24, 2.45) is 0 Å². The largest absolute Gasteiger partial charge is 0.493 e. The van der Waals surface area contributed by atoms with E-state index in [0.29, 0.717) is 50.2 Å². The number of fused-ring (bicyclic) bond motifs is 3. The van der Waals surface area contributed by atoms with E-state index in [-0.39, 0.29) is 24.4 Å². The van der Waals surface area contributed by atoms with Crippen LogP contribution in [0.3, 0.4) is 0 Å². The van der Waals surface area contributed by atoms with E-state index in [9.17, 15) is 9.59 Å². The van der Waals surface area contributed by atoms with Gasteiger partial charge in [-0.1, -0.05) is 12.1 Å². The first-order valence-electron chi connectivity index (χ1n) is 9.74. The smallest absolute Gasteiger partial charge is 0.242 e. The highest BCUT2D eigenvalue weighted by molar-refractivity contribution is 5.85. The number of hydrogen-bond donors (Lipinski definition) is 1. The molecule has 7 nitrogen and oxygen atoms in total. The lowest BCUT2D eigenvalue weighted by Gasteiger charge is -2.30. The third kappa shape index (κ3) is 3.88. The van der Waals surface area contributed by atoms with Crippen LogP contribution in [0.25, 0.3) is 0 Å². The summed E-state index contributed by atoms with van der Waals surface area (Å²) in [6.45, 7) is 2.42. The van der Waals surface area contributed by atoms with Crippen LogP contribution >= 0.6 is 0 Å². The molecule has 0 spiro atoms. The number of ether oxygens (including phenoxy) is 2. The monoisotopic (exact) mass is 373 g/mol. The van der Waals surface area contributed by atoms with Gasteiger partial charge in [-0.3, -0.25) is 9.59 Å². The Bertz CT molecular complexity index is 723. The van der Waals surface area contributed by atoms with Crippen molar-refractivity contribution in [3.05, 3.63) is 23.8 Å². The fourth-order valence-corrected chi connectivity index (χ4v) is 4.27. The molecule has 146 valence electrons. The van der Waals surface area contributed by atoms with Gasteiger partial charge in [0.2, 0.25) is 11.8 Å². The highest BCUT2D eigenvalue weighted by Crippen LogP contribution is 2.33. The van der Waals surface area contributed by atoms with Crippen LogP contribution in [0.5, 0.6) is 11.5 Å². The third-order valence-corrected chi connectivity index (χ3v) is 5.69. The minimum Gasteiger partial charge on any atom is -0.493 e. The van der Waals surface area contributed by atoms with Crippen molar-refractivity contribution in [2.75, 3.05) is 33.4 Å². The molecule has 1 aromatic carbocycles. The molecule has 2 saturated heterocycles. The molecule has 2 amide bonds. The lowest BCUT2D eigenvalue weighted by Crippen LogP contribution is -2.46. The molecule has 1 N–H and O–H groups in total. The SMILES string of the molecule is COc1cccc2c1OCCCN(C(=O)CN1C[C@@H]3CC[C@H](CC1=O)N3)C2. The molecular weight excluding hydrogens is 346 g/mol.